The predicted octanol–water partition coefficient (Wildman–Crippen LogP) is 2.55. The Morgan fingerprint density at radius 1 is 1.25 bits per heavy atom. The Morgan fingerprint density at radius 3 is 2.55 bits per heavy atom. The van der Waals surface area contributed by atoms with Crippen molar-refractivity contribution in [1.29, 1.82) is 0 Å². The van der Waals surface area contributed by atoms with Crippen molar-refractivity contribution in [1.82, 2.24) is 5.32 Å². The number of benzene rings is 1. The van der Waals surface area contributed by atoms with Gasteiger partial charge in [-0.1, -0.05) is 51.0 Å². The van der Waals surface area contributed by atoms with E-state index in [1.165, 1.54) is 5.56 Å². The van der Waals surface area contributed by atoms with E-state index in [1.807, 2.05) is 31.2 Å². The summed E-state index contributed by atoms with van der Waals surface area (Å²) in [6.45, 7) is 4.06. The normalized spacial score (nSPS) is 11.9. The molecule has 1 amide bonds. The van der Waals surface area contributed by atoms with Crippen LogP contribution in [0, 0.1) is 0 Å². The summed E-state index contributed by atoms with van der Waals surface area (Å²) < 4.78 is 0. The molecule has 4 nitrogen and oxygen atoms in total. The largest absolute Gasteiger partial charge is 0.480 e. The molecule has 0 spiro atoms. The SMILES string of the molecule is CCCC[C@H](NC(=O)Cc1cccc(CC)c1)C(=O)O. The van der Waals surface area contributed by atoms with Crippen LogP contribution in [0.4, 0.5) is 0 Å². The van der Waals surface area contributed by atoms with Gasteiger partial charge >= 0.3 is 5.97 Å². The molecule has 0 heterocycles. The second kappa shape index (κ2) is 8.35. The van der Waals surface area contributed by atoms with Crippen LogP contribution in [0.25, 0.3) is 0 Å². The first kappa shape index (κ1) is 16.2. The summed E-state index contributed by atoms with van der Waals surface area (Å²) in [6, 6.07) is 7.04. The highest BCUT2D eigenvalue weighted by atomic mass is 16.4. The third kappa shape index (κ3) is 5.43. The van der Waals surface area contributed by atoms with Crippen LogP contribution >= 0.6 is 0 Å². The van der Waals surface area contributed by atoms with E-state index in [4.69, 9.17) is 5.11 Å². The highest BCUT2D eigenvalue weighted by Crippen LogP contribution is 2.07. The molecule has 20 heavy (non-hydrogen) atoms. The molecule has 1 rings (SSSR count). The van der Waals surface area contributed by atoms with Crippen LogP contribution in [-0.2, 0) is 22.4 Å². The number of carboxylic acid groups (broad SMARTS) is 1. The standard InChI is InChI=1S/C16H23NO3/c1-3-5-9-14(16(19)20)17-15(18)11-13-8-6-7-12(4-2)10-13/h6-8,10,14H,3-5,9,11H2,1-2H3,(H,17,18)(H,19,20)/t14-/m0/s1. The van der Waals surface area contributed by atoms with E-state index in [0.29, 0.717) is 6.42 Å². The second-order valence-corrected chi connectivity index (χ2v) is 4.95. The highest BCUT2D eigenvalue weighted by Gasteiger charge is 2.19. The number of unbranched alkanes of at least 4 members (excludes halogenated alkanes) is 1. The third-order valence-corrected chi connectivity index (χ3v) is 3.24. The lowest BCUT2D eigenvalue weighted by molar-refractivity contribution is -0.142. The summed E-state index contributed by atoms with van der Waals surface area (Å²) in [6.07, 6.45) is 3.33. The van der Waals surface area contributed by atoms with Gasteiger partial charge in [0.05, 0.1) is 6.42 Å². The van der Waals surface area contributed by atoms with Gasteiger partial charge in [-0.25, -0.2) is 4.79 Å². The average molecular weight is 277 g/mol. The Bertz CT molecular complexity index is 457. The van der Waals surface area contributed by atoms with Crippen LogP contribution in [0.3, 0.4) is 0 Å². The molecule has 1 atom stereocenters. The Labute approximate surface area is 120 Å². The van der Waals surface area contributed by atoms with E-state index in [-0.39, 0.29) is 12.3 Å². The second-order valence-electron chi connectivity index (χ2n) is 4.95. The van der Waals surface area contributed by atoms with Crippen LogP contribution < -0.4 is 5.32 Å². The minimum atomic E-state index is -0.964. The molecule has 110 valence electrons. The molecule has 1 aromatic rings. The average Bonchev–Trinajstić information content (AvgIpc) is 2.43. The van der Waals surface area contributed by atoms with Gasteiger partial charge in [-0.3, -0.25) is 4.79 Å². The lowest BCUT2D eigenvalue weighted by Gasteiger charge is -2.14. The fourth-order valence-corrected chi connectivity index (χ4v) is 2.06. The number of aryl methyl sites for hydroxylation is 1. The molecule has 0 unspecified atom stereocenters. The fraction of sp³-hybridized carbons (Fsp3) is 0.500. The number of hydrogen-bond acceptors (Lipinski definition) is 2. The molecule has 0 aliphatic rings. The lowest BCUT2D eigenvalue weighted by atomic mass is 10.1. The van der Waals surface area contributed by atoms with Gasteiger partial charge in [-0.15, -0.1) is 0 Å². The molecule has 1 aromatic carbocycles. The van der Waals surface area contributed by atoms with E-state index in [2.05, 4.69) is 12.2 Å². The molecule has 0 saturated carbocycles. The minimum Gasteiger partial charge on any atom is -0.480 e. The van der Waals surface area contributed by atoms with Crippen LogP contribution in [0.2, 0.25) is 0 Å². The van der Waals surface area contributed by atoms with E-state index in [9.17, 15) is 9.59 Å². The number of carbonyl (C=O) groups is 2. The minimum absolute atomic E-state index is 0.226. The maximum absolute atomic E-state index is 11.9. The summed E-state index contributed by atoms with van der Waals surface area (Å²) >= 11 is 0. The molecular weight excluding hydrogens is 254 g/mol. The number of carboxylic acids is 1. The summed E-state index contributed by atoms with van der Waals surface area (Å²) in [5, 5.41) is 11.7. The first-order valence-electron chi connectivity index (χ1n) is 7.16. The molecule has 0 fully saturated rings. The molecule has 0 aliphatic heterocycles. The molecule has 4 heteroatoms. The maximum atomic E-state index is 11.9. The molecular formula is C16H23NO3. The zero-order valence-electron chi connectivity index (χ0n) is 12.2. The molecule has 0 aliphatic carbocycles. The van der Waals surface area contributed by atoms with E-state index in [0.717, 1.165) is 24.8 Å². The van der Waals surface area contributed by atoms with Crippen molar-refractivity contribution in [3.8, 4) is 0 Å². The Kier molecular flexibility index (Phi) is 6.77. The topological polar surface area (TPSA) is 66.4 Å². The van der Waals surface area contributed by atoms with Gasteiger partial charge in [0.25, 0.3) is 0 Å². The Morgan fingerprint density at radius 2 is 1.95 bits per heavy atom. The number of nitrogens with one attached hydrogen (secondary N) is 1. The summed E-state index contributed by atoms with van der Waals surface area (Å²) in [5.74, 6) is -1.20. The summed E-state index contributed by atoms with van der Waals surface area (Å²) in [7, 11) is 0. The van der Waals surface area contributed by atoms with Crippen molar-refractivity contribution in [2.75, 3.05) is 0 Å². The summed E-state index contributed by atoms with van der Waals surface area (Å²) in [4.78, 5) is 23.0. The molecule has 0 saturated heterocycles. The number of rotatable bonds is 8. The van der Waals surface area contributed by atoms with Gasteiger partial charge in [0.2, 0.25) is 5.91 Å². The third-order valence-electron chi connectivity index (χ3n) is 3.24. The highest BCUT2D eigenvalue weighted by molar-refractivity contribution is 5.84. The van der Waals surface area contributed by atoms with E-state index < -0.39 is 12.0 Å². The van der Waals surface area contributed by atoms with Crippen molar-refractivity contribution >= 4 is 11.9 Å². The number of hydrogen-bond donors (Lipinski definition) is 2. The van der Waals surface area contributed by atoms with Gasteiger partial charge in [0, 0.05) is 0 Å². The van der Waals surface area contributed by atoms with Gasteiger partial charge in [-0.2, -0.15) is 0 Å². The Balaban J connectivity index is 2.58. The van der Waals surface area contributed by atoms with Crippen LogP contribution in [-0.4, -0.2) is 23.0 Å². The zero-order valence-corrected chi connectivity index (χ0v) is 12.2. The Hall–Kier alpha value is -1.84. The van der Waals surface area contributed by atoms with Crippen molar-refractivity contribution in [2.45, 2.75) is 52.0 Å². The monoisotopic (exact) mass is 277 g/mol. The molecule has 0 aromatic heterocycles. The van der Waals surface area contributed by atoms with Gasteiger partial charge in [0.1, 0.15) is 6.04 Å². The van der Waals surface area contributed by atoms with Crippen molar-refractivity contribution in [2.24, 2.45) is 0 Å². The first-order valence-corrected chi connectivity index (χ1v) is 7.16. The molecule has 2 N–H and O–H groups in total. The van der Waals surface area contributed by atoms with Crippen molar-refractivity contribution in [3.63, 3.8) is 0 Å². The van der Waals surface area contributed by atoms with Crippen molar-refractivity contribution in [3.05, 3.63) is 35.4 Å². The number of carbonyl (C=O) groups excluding carboxylic acids is 1. The predicted molar refractivity (Wildman–Crippen MR) is 78.6 cm³/mol. The molecule has 0 radical (unpaired) electrons. The van der Waals surface area contributed by atoms with Crippen molar-refractivity contribution < 1.29 is 14.7 Å². The number of aliphatic carboxylic acids is 1. The van der Waals surface area contributed by atoms with E-state index >= 15 is 0 Å². The number of amides is 1. The zero-order chi connectivity index (χ0) is 15.0. The summed E-state index contributed by atoms with van der Waals surface area (Å²) in [5.41, 5.74) is 2.09. The fourth-order valence-electron chi connectivity index (χ4n) is 2.06. The van der Waals surface area contributed by atoms with E-state index in [1.54, 1.807) is 0 Å². The maximum Gasteiger partial charge on any atom is 0.326 e. The van der Waals surface area contributed by atoms with Crippen LogP contribution in [0.1, 0.15) is 44.2 Å². The quantitative estimate of drug-likeness (QED) is 0.767. The first-order chi connectivity index (χ1) is 9.56. The van der Waals surface area contributed by atoms with Crippen LogP contribution in [0.5, 0.6) is 0 Å². The van der Waals surface area contributed by atoms with Crippen LogP contribution in [0.15, 0.2) is 24.3 Å². The van der Waals surface area contributed by atoms with Gasteiger partial charge in [0.15, 0.2) is 0 Å². The van der Waals surface area contributed by atoms with Gasteiger partial charge in [-0.05, 0) is 24.0 Å². The molecule has 0 bridgehead atoms. The smallest absolute Gasteiger partial charge is 0.326 e. The lowest BCUT2D eigenvalue weighted by Crippen LogP contribution is -2.41. The van der Waals surface area contributed by atoms with Gasteiger partial charge < -0.3 is 10.4 Å².